The zero-order chi connectivity index (χ0) is 15.8. The van der Waals surface area contributed by atoms with Gasteiger partial charge in [0.15, 0.2) is 0 Å². The predicted molar refractivity (Wildman–Crippen MR) is 93.3 cm³/mol. The standard InChI is InChI=1S/C20H34O/c1-15(2)19-13-12-17(4)10-6-8-16(3)9-7-11-18(5)14-20(19)21/h8,11,13,15,17,20-21H,6-7,9-10,12,14H2,1-5H3/b16-8+,18-11+,19-13-/t17?,20-/m0/s1. The summed E-state index contributed by atoms with van der Waals surface area (Å²) in [5, 5.41) is 10.5. The summed E-state index contributed by atoms with van der Waals surface area (Å²) >= 11 is 0. The number of aliphatic hydroxyl groups is 1. The fourth-order valence-electron chi connectivity index (χ4n) is 2.98. The normalized spacial score (nSPS) is 34.1. The predicted octanol–water partition coefficient (Wildman–Crippen LogP) is 5.81. The molecule has 0 radical (unpaired) electrons. The summed E-state index contributed by atoms with van der Waals surface area (Å²) in [6.07, 6.45) is 13.2. The average molecular weight is 290 g/mol. The van der Waals surface area contributed by atoms with Gasteiger partial charge in [0.1, 0.15) is 0 Å². The fraction of sp³-hybridized carbons (Fsp3) is 0.700. The second-order valence-corrected chi connectivity index (χ2v) is 7.14. The van der Waals surface area contributed by atoms with E-state index in [1.807, 2.05) is 0 Å². The van der Waals surface area contributed by atoms with Crippen LogP contribution in [0.5, 0.6) is 0 Å². The van der Waals surface area contributed by atoms with Crippen molar-refractivity contribution in [1.29, 1.82) is 0 Å². The van der Waals surface area contributed by atoms with Gasteiger partial charge < -0.3 is 5.11 Å². The molecule has 0 aromatic rings. The molecule has 0 aromatic heterocycles. The second kappa shape index (κ2) is 9.25. The molecule has 1 aliphatic carbocycles. The molecule has 0 amide bonds. The van der Waals surface area contributed by atoms with Crippen LogP contribution in [0, 0.1) is 11.8 Å². The first kappa shape index (κ1) is 18.2. The van der Waals surface area contributed by atoms with Gasteiger partial charge >= 0.3 is 0 Å². The van der Waals surface area contributed by atoms with Gasteiger partial charge in [0.25, 0.3) is 0 Å². The quantitative estimate of drug-likeness (QED) is 0.604. The van der Waals surface area contributed by atoms with Crippen LogP contribution < -0.4 is 0 Å². The molecule has 1 N–H and O–H groups in total. The first-order valence-corrected chi connectivity index (χ1v) is 8.59. The summed E-state index contributed by atoms with van der Waals surface area (Å²) < 4.78 is 0. The topological polar surface area (TPSA) is 20.2 Å². The Bertz CT molecular complexity index is 398. The van der Waals surface area contributed by atoms with Crippen LogP contribution in [0.2, 0.25) is 0 Å². The van der Waals surface area contributed by atoms with Gasteiger partial charge in [-0.2, -0.15) is 0 Å². The molecule has 0 bridgehead atoms. The van der Waals surface area contributed by atoms with E-state index in [2.05, 4.69) is 52.8 Å². The first-order chi connectivity index (χ1) is 9.90. The molecule has 0 saturated carbocycles. The van der Waals surface area contributed by atoms with E-state index < -0.39 is 0 Å². The van der Waals surface area contributed by atoms with Crippen LogP contribution in [0.15, 0.2) is 34.9 Å². The lowest BCUT2D eigenvalue weighted by molar-refractivity contribution is 0.199. The summed E-state index contributed by atoms with van der Waals surface area (Å²) in [5.41, 5.74) is 4.03. The Morgan fingerprint density at radius 1 is 1.05 bits per heavy atom. The van der Waals surface area contributed by atoms with E-state index in [9.17, 15) is 5.11 Å². The number of allylic oxidation sites excluding steroid dienone is 4. The molecule has 1 nitrogen and oxygen atoms in total. The van der Waals surface area contributed by atoms with Crippen LogP contribution in [0.4, 0.5) is 0 Å². The van der Waals surface area contributed by atoms with E-state index in [0.717, 1.165) is 25.7 Å². The largest absolute Gasteiger partial charge is 0.388 e. The number of hydrogen-bond acceptors (Lipinski definition) is 1. The summed E-state index contributed by atoms with van der Waals surface area (Å²) in [6, 6.07) is 0. The molecule has 0 aliphatic heterocycles. The molecule has 1 rings (SSSR count). The van der Waals surface area contributed by atoms with E-state index in [-0.39, 0.29) is 6.10 Å². The van der Waals surface area contributed by atoms with Gasteiger partial charge in [0, 0.05) is 0 Å². The maximum Gasteiger partial charge on any atom is 0.0789 e. The minimum atomic E-state index is -0.312. The highest BCUT2D eigenvalue weighted by molar-refractivity contribution is 5.15. The van der Waals surface area contributed by atoms with Gasteiger partial charge in [-0.15, -0.1) is 0 Å². The van der Waals surface area contributed by atoms with E-state index in [4.69, 9.17) is 0 Å². The molecule has 1 heteroatoms. The van der Waals surface area contributed by atoms with Gasteiger partial charge in [0.2, 0.25) is 0 Å². The van der Waals surface area contributed by atoms with Crippen LogP contribution in [-0.4, -0.2) is 11.2 Å². The third kappa shape index (κ3) is 7.13. The van der Waals surface area contributed by atoms with Crippen molar-refractivity contribution in [3.8, 4) is 0 Å². The number of rotatable bonds is 1. The van der Waals surface area contributed by atoms with Gasteiger partial charge in [-0.3, -0.25) is 0 Å². The van der Waals surface area contributed by atoms with E-state index in [0.29, 0.717) is 11.8 Å². The van der Waals surface area contributed by atoms with E-state index in [1.54, 1.807) is 0 Å². The molecular formula is C20H34O. The molecule has 0 fully saturated rings. The Balaban J connectivity index is 2.89. The number of hydrogen-bond donors (Lipinski definition) is 1. The smallest absolute Gasteiger partial charge is 0.0789 e. The van der Waals surface area contributed by atoms with Crippen molar-refractivity contribution < 1.29 is 5.11 Å². The van der Waals surface area contributed by atoms with Crippen molar-refractivity contribution in [2.75, 3.05) is 0 Å². The molecule has 21 heavy (non-hydrogen) atoms. The lowest BCUT2D eigenvalue weighted by Gasteiger charge is -2.20. The molecule has 0 aromatic carbocycles. The van der Waals surface area contributed by atoms with Crippen molar-refractivity contribution in [2.45, 2.75) is 79.2 Å². The molecular weight excluding hydrogens is 256 g/mol. The molecule has 2 atom stereocenters. The zero-order valence-corrected chi connectivity index (χ0v) is 14.7. The minimum absolute atomic E-state index is 0.312. The average Bonchev–Trinajstić information content (AvgIpc) is 2.37. The summed E-state index contributed by atoms with van der Waals surface area (Å²) in [7, 11) is 0. The van der Waals surface area contributed by atoms with Crippen LogP contribution in [0.3, 0.4) is 0 Å². The lowest BCUT2D eigenvalue weighted by Crippen LogP contribution is -2.16. The summed E-state index contributed by atoms with van der Waals surface area (Å²) in [6.45, 7) is 11.1. The zero-order valence-electron chi connectivity index (χ0n) is 14.7. The van der Waals surface area contributed by atoms with Crippen molar-refractivity contribution in [1.82, 2.24) is 0 Å². The Morgan fingerprint density at radius 2 is 1.71 bits per heavy atom. The monoisotopic (exact) mass is 290 g/mol. The van der Waals surface area contributed by atoms with Gasteiger partial charge in [-0.05, 0) is 69.8 Å². The highest BCUT2D eigenvalue weighted by atomic mass is 16.3. The molecule has 0 spiro atoms. The SMILES string of the molecule is C/C1=C\CCC(C)C/C=C(/C(C)C)[C@@H](O)C/C(C)=C/CC1. The Kier molecular flexibility index (Phi) is 8.03. The molecule has 0 saturated heterocycles. The molecule has 0 heterocycles. The van der Waals surface area contributed by atoms with Crippen molar-refractivity contribution >= 4 is 0 Å². The Hall–Kier alpha value is -0.820. The van der Waals surface area contributed by atoms with E-state index >= 15 is 0 Å². The maximum absolute atomic E-state index is 10.5. The number of aliphatic hydroxyl groups excluding tert-OH is 1. The van der Waals surface area contributed by atoms with Gasteiger partial charge in [-0.25, -0.2) is 0 Å². The van der Waals surface area contributed by atoms with Crippen LogP contribution in [-0.2, 0) is 0 Å². The van der Waals surface area contributed by atoms with Crippen molar-refractivity contribution in [2.24, 2.45) is 11.8 Å². The molecule has 1 unspecified atom stereocenters. The van der Waals surface area contributed by atoms with Gasteiger partial charge in [-0.1, -0.05) is 50.1 Å². The van der Waals surface area contributed by atoms with Crippen molar-refractivity contribution in [3.05, 3.63) is 34.9 Å². The molecule has 1 aliphatic rings. The Labute approximate surface area is 131 Å². The summed E-state index contributed by atoms with van der Waals surface area (Å²) in [4.78, 5) is 0. The van der Waals surface area contributed by atoms with Crippen molar-refractivity contribution in [3.63, 3.8) is 0 Å². The third-order valence-electron chi connectivity index (χ3n) is 4.51. The third-order valence-corrected chi connectivity index (χ3v) is 4.51. The van der Waals surface area contributed by atoms with Crippen LogP contribution in [0.1, 0.15) is 73.1 Å². The first-order valence-electron chi connectivity index (χ1n) is 8.59. The fourth-order valence-corrected chi connectivity index (χ4v) is 2.98. The van der Waals surface area contributed by atoms with Gasteiger partial charge in [0.05, 0.1) is 6.10 Å². The molecule has 120 valence electrons. The summed E-state index contributed by atoms with van der Waals surface area (Å²) in [5.74, 6) is 1.12. The highest BCUT2D eigenvalue weighted by Crippen LogP contribution is 2.24. The lowest BCUT2D eigenvalue weighted by atomic mass is 9.89. The second-order valence-electron chi connectivity index (χ2n) is 7.14. The van der Waals surface area contributed by atoms with Crippen LogP contribution in [0.25, 0.3) is 0 Å². The maximum atomic E-state index is 10.5. The van der Waals surface area contributed by atoms with Crippen LogP contribution >= 0.6 is 0 Å². The highest BCUT2D eigenvalue weighted by Gasteiger charge is 2.15. The van der Waals surface area contributed by atoms with E-state index in [1.165, 1.54) is 29.6 Å². The minimum Gasteiger partial charge on any atom is -0.388 e. The Morgan fingerprint density at radius 3 is 2.38 bits per heavy atom.